The van der Waals surface area contributed by atoms with Crippen molar-refractivity contribution in [3.63, 3.8) is 0 Å². The summed E-state index contributed by atoms with van der Waals surface area (Å²) in [5, 5.41) is 0. The monoisotopic (exact) mass is 576 g/mol. The Morgan fingerprint density at radius 2 is 1.44 bits per heavy atom. The van der Waals surface area contributed by atoms with Crippen LogP contribution in [0.1, 0.15) is 17.0 Å². The second-order valence-electron chi connectivity index (χ2n) is 7.86. The fourth-order valence-corrected chi connectivity index (χ4v) is 8.16. The van der Waals surface area contributed by atoms with Gasteiger partial charge in [-0.25, -0.2) is 0 Å². The highest BCUT2D eigenvalue weighted by Gasteiger charge is 2.14. The number of hydrogen-bond donors (Lipinski definition) is 0. The first-order valence-corrected chi connectivity index (χ1v) is 14.0. The van der Waals surface area contributed by atoms with E-state index in [2.05, 4.69) is 97.8 Å². The Hall–Kier alpha value is -2.97. The number of halogens is 1. The molecule has 3 heterocycles. The molecule has 0 aliphatic carbocycles. The van der Waals surface area contributed by atoms with Crippen molar-refractivity contribution in [2.75, 3.05) is 15.1 Å². The summed E-state index contributed by atoms with van der Waals surface area (Å²) >= 11 is 1.73. The molecule has 170 valence electrons. The van der Waals surface area contributed by atoms with Crippen LogP contribution in [0.25, 0.3) is 6.08 Å². The second kappa shape index (κ2) is 11.0. The minimum absolute atomic E-state index is 0.172. The van der Waals surface area contributed by atoms with Gasteiger partial charge in [0.15, 0.2) is 0 Å². The van der Waals surface area contributed by atoms with Crippen molar-refractivity contribution in [3.8, 4) is 0 Å². The molecule has 2 aromatic carbocycles. The normalized spacial score (nSPS) is 13.2. The van der Waals surface area contributed by atoms with Crippen molar-refractivity contribution < 1.29 is 0 Å². The van der Waals surface area contributed by atoms with E-state index in [9.17, 15) is 0 Å². The largest absolute Gasteiger partial charge is 0.360 e. The van der Waals surface area contributed by atoms with Crippen LogP contribution in [0.5, 0.6) is 0 Å². The van der Waals surface area contributed by atoms with Gasteiger partial charge in [-0.1, -0.05) is 54.2 Å². The average molecular weight is 577 g/mol. The standard InChI is InChI=1S/C28H25IN4S/c1-32-26-10-2-3-11-27(26)34-28(29-32)17-14-22-12-15-25(16-13-22)33(20-23-8-4-6-18-30-23)21-24-9-5-7-19-31-24/h2-19H,20-21H2,1H3/b17-14+. The summed E-state index contributed by atoms with van der Waals surface area (Å²) in [6, 6.07) is 29.5. The van der Waals surface area contributed by atoms with Crippen LogP contribution in [0.4, 0.5) is 11.4 Å². The van der Waals surface area contributed by atoms with Gasteiger partial charge in [0.25, 0.3) is 0 Å². The summed E-state index contributed by atoms with van der Waals surface area (Å²) in [4.78, 5) is 12.7. The summed E-state index contributed by atoms with van der Waals surface area (Å²) < 4.78 is 3.87. The highest BCUT2D eigenvalue weighted by molar-refractivity contribution is 14.2. The van der Waals surface area contributed by atoms with Crippen molar-refractivity contribution in [2.24, 2.45) is 0 Å². The number of para-hydroxylation sites is 1. The Bertz CT molecular complexity index is 1250. The maximum absolute atomic E-state index is 4.53. The Morgan fingerprint density at radius 3 is 2.09 bits per heavy atom. The number of hydrogen-bond acceptors (Lipinski definition) is 5. The lowest BCUT2D eigenvalue weighted by atomic mass is 10.1. The summed E-state index contributed by atoms with van der Waals surface area (Å²) in [5.74, 6) is 0. The number of anilines is 2. The predicted molar refractivity (Wildman–Crippen MR) is 154 cm³/mol. The van der Waals surface area contributed by atoms with Crippen molar-refractivity contribution >= 4 is 53.1 Å². The Kier molecular flexibility index (Phi) is 7.36. The first-order chi connectivity index (χ1) is 16.7. The zero-order valence-electron chi connectivity index (χ0n) is 18.9. The minimum atomic E-state index is -0.172. The quantitative estimate of drug-likeness (QED) is 0.176. The van der Waals surface area contributed by atoms with Crippen LogP contribution in [0.3, 0.4) is 0 Å². The second-order valence-corrected chi connectivity index (χ2v) is 12.8. The average Bonchev–Trinajstić information content (AvgIpc) is 2.89. The van der Waals surface area contributed by atoms with Gasteiger partial charge in [0.1, 0.15) is 0 Å². The molecule has 2 aromatic heterocycles. The molecule has 0 fully saturated rings. The van der Waals surface area contributed by atoms with Crippen LogP contribution in [-0.4, -0.2) is 19.9 Å². The van der Waals surface area contributed by atoms with Gasteiger partial charge >= 0.3 is 0 Å². The van der Waals surface area contributed by atoms with Crippen molar-refractivity contribution in [1.82, 2.24) is 9.97 Å². The minimum Gasteiger partial charge on any atom is -0.360 e. The maximum Gasteiger partial charge on any atom is 0.0614 e. The van der Waals surface area contributed by atoms with Crippen LogP contribution in [-0.2, 0) is 13.1 Å². The van der Waals surface area contributed by atoms with E-state index in [1.165, 1.54) is 19.0 Å². The van der Waals surface area contributed by atoms with E-state index in [-0.39, 0.29) is 21.0 Å². The molecule has 0 radical (unpaired) electrons. The first-order valence-electron chi connectivity index (χ1n) is 11.1. The molecule has 4 aromatic rings. The zero-order valence-corrected chi connectivity index (χ0v) is 21.9. The summed E-state index contributed by atoms with van der Waals surface area (Å²) in [6.07, 6.45) is 8.22. The number of pyridine rings is 2. The molecular formula is C28H25IN4S. The summed E-state index contributed by atoms with van der Waals surface area (Å²) in [7, 11) is 2.20. The lowest BCUT2D eigenvalue weighted by molar-refractivity contribution is 0.765. The Balaban J connectivity index is 1.32. The third-order valence-corrected chi connectivity index (χ3v) is 9.54. The zero-order chi connectivity index (χ0) is 23.2. The van der Waals surface area contributed by atoms with E-state index in [4.69, 9.17) is 0 Å². The number of fused-ring (bicyclic) bond motifs is 1. The summed E-state index contributed by atoms with van der Waals surface area (Å²) in [6.45, 7) is 1.47. The van der Waals surface area contributed by atoms with Gasteiger partial charge in [-0.3, -0.25) is 9.97 Å². The molecule has 5 rings (SSSR count). The van der Waals surface area contributed by atoms with E-state index < -0.39 is 0 Å². The van der Waals surface area contributed by atoms with Crippen LogP contribution in [0.2, 0.25) is 0 Å². The number of aromatic nitrogens is 2. The number of nitrogens with zero attached hydrogens (tertiary/aromatic N) is 4. The third-order valence-electron chi connectivity index (χ3n) is 5.44. The van der Waals surface area contributed by atoms with Crippen molar-refractivity contribution in [3.05, 3.63) is 120 Å². The molecule has 0 spiro atoms. The molecule has 0 unspecified atom stereocenters. The molecule has 34 heavy (non-hydrogen) atoms. The van der Waals surface area contributed by atoms with E-state index in [0.29, 0.717) is 0 Å². The molecular weight excluding hydrogens is 551 g/mol. The van der Waals surface area contributed by atoms with Gasteiger partial charge in [-0.05, 0) is 60.2 Å². The molecule has 4 nitrogen and oxygen atoms in total. The molecule has 0 amide bonds. The van der Waals surface area contributed by atoms with Crippen LogP contribution >= 0.6 is 32.8 Å². The van der Waals surface area contributed by atoms with Crippen LogP contribution < -0.4 is 8.01 Å². The Labute approximate surface area is 215 Å². The van der Waals surface area contributed by atoms with Gasteiger partial charge in [0.05, 0.1) is 33.0 Å². The van der Waals surface area contributed by atoms with Gasteiger partial charge in [0, 0.05) is 51.0 Å². The van der Waals surface area contributed by atoms with Gasteiger partial charge in [0.2, 0.25) is 0 Å². The van der Waals surface area contributed by atoms with Gasteiger partial charge in [-0.15, -0.1) is 0 Å². The lowest BCUT2D eigenvalue weighted by Gasteiger charge is -2.24. The van der Waals surface area contributed by atoms with E-state index in [1.54, 1.807) is 0 Å². The van der Waals surface area contributed by atoms with Gasteiger partial charge < -0.3 is 8.01 Å². The fourth-order valence-electron chi connectivity index (χ4n) is 3.72. The van der Waals surface area contributed by atoms with Crippen LogP contribution in [0.15, 0.2) is 108 Å². The molecule has 1 aliphatic rings. The Morgan fingerprint density at radius 1 is 0.794 bits per heavy atom. The lowest BCUT2D eigenvalue weighted by Crippen LogP contribution is -2.23. The first kappa shape index (κ1) is 22.8. The summed E-state index contributed by atoms with van der Waals surface area (Å²) in [5.41, 5.74) is 5.80. The van der Waals surface area contributed by atoms with Crippen LogP contribution in [0, 0.1) is 0 Å². The van der Waals surface area contributed by atoms with E-state index >= 15 is 0 Å². The smallest absolute Gasteiger partial charge is 0.0614 e. The number of thioether (sulfide) groups is 1. The van der Waals surface area contributed by atoms with Crippen molar-refractivity contribution in [1.29, 1.82) is 0 Å². The molecule has 0 bridgehead atoms. The molecule has 0 atom stereocenters. The SMILES string of the molecule is CN1I=C(/C=C/c2ccc(N(Cc3ccccn3)Cc3ccccn3)cc2)Sc2ccccc21. The molecule has 0 N–H and O–H groups in total. The van der Waals surface area contributed by atoms with Gasteiger partial charge in [-0.2, -0.15) is 0 Å². The highest BCUT2D eigenvalue weighted by Crippen LogP contribution is 2.40. The predicted octanol–water partition coefficient (Wildman–Crippen LogP) is 6.95. The number of rotatable bonds is 7. The van der Waals surface area contributed by atoms with E-state index in [0.717, 1.165) is 30.2 Å². The topological polar surface area (TPSA) is 32.3 Å². The number of benzene rings is 2. The molecule has 1 aliphatic heterocycles. The highest BCUT2D eigenvalue weighted by atomic mass is 127. The molecule has 0 saturated carbocycles. The van der Waals surface area contributed by atoms with Crippen molar-refractivity contribution in [2.45, 2.75) is 18.0 Å². The fraction of sp³-hybridized carbons (Fsp3) is 0.107. The maximum atomic E-state index is 4.53. The van der Waals surface area contributed by atoms with E-state index in [1.807, 2.05) is 48.4 Å². The third kappa shape index (κ3) is 5.74. The molecule has 0 saturated heterocycles. The molecule has 6 heteroatoms.